The lowest BCUT2D eigenvalue weighted by atomic mass is 9.98. The summed E-state index contributed by atoms with van der Waals surface area (Å²) < 4.78 is 27.9. The molecule has 1 atom stereocenters. The zero-order chi connectivity index (χ0) is 20.0. The van der Waals surface area contributed by atoms with Gasteiger partial charge in [-0.1, -0.05) is 31.2 Å². The molecule has 3 rings (SSSR count). The Kier molecular flexibility index (Phi) is 6.85. The van der Waals surface area contributed by atoms with E-state index >= 15 is 0 Å². The fourth-order valence-corrected chi connectivity index (χ4v) is 5.14. The average molecular weight is 405 g/mol. The lowest BCUT2D eigenvalue weighted by Gasteiger charge is -2.31. The second-order valence-electron chi connectivity index (χ2n) is 7.25. The third-order valence-corrected chi connectivity index (χ3v) is 7.01. The largest absolute Gasteiger partial charge is 0.352 e. The first-order chi connectivity index (χ1) is 13.5. The van der Waals surface area contributed by atoms with Crippen molar-refractivity contribution >= 4 is 15.9 Å². The van der Waals surface area contributed by atoms with Crippen LogP contribution in [0.3, 0.4) is 0 Å². The van der Waals surface area contributed by atoms with Crippen LogP contribution in [0.2, 0.25) is 0 Å². The molecule has 28 heavy (non-hydrogen) atoms. The molecule has 1 amide bonds. The molecule has 0 bridgehead atoms. The van der Waals surface area contributed by atoms with Crippen LogP contribution in [0, 0.1) is 5.92 Å². The highest BCUT2D eigenvalue weighted by Crippen LogP contribution is 2.20. The van der Waals surface area contributed by atoms with Gasteiger partial charge in [0, 0.05) is 32.0 Å². The van der Waals surface area contributed by atoms with Crippen molar-refractivity contribution in [3.63, 3.8) is 0 Å². The summed E-state index contributed by atoms with van der Waals surface area (Å²) in [5.41, 5.74) is 2.13. The topological polar surface area (TPSA) is 84.3 Å². The predicted octanol–water partition coefficient (Wildman–Crippen LogP) is 2.00. The lowest BCUT2D eigenvalue weighted by molar-refractivity contribution is -0.126. The van der Waals surface area contributed by atoms with Crippen LogP contribution in [-0.4, -0.2) is 47.3 Å². The van der Waals surface area contributed by atoms with Gasteiger partial charge in [-0.15, -0.1) is 0 Å². The monoisotopic (exact) mass is 404 g/mol. The van der Waals surface area contributed by atoms with Crippen LogP contribution in [0.15, 0.2) is 42.7 Å². The van der Waals surface area contributed by atoms with E-state index in [1.165, 1.54) is 4.31 Å². The maximum absolute atomic E-state index is 12.6. The van der Waals surface area contributed by atoms with Crippen LogP contribution in [0.1, 0.15) is 37.3 Å². The molecule has 1 aliphatic heterocycles. The molecule has 2 aromatic rings. The van der Waals surface area contributed by atoms with E-state index in [9.17, 15) is 13.2 Å². The van der Waals surface area contributed by atoms with E-state index in [0.717, 1.165) is 24.0 Å². The van der Waals surface area contributed by atoms with Gasteiger partial charge in [0.25, 0.3) is 0 Å². The molecule has 0 radical (unpaired) electrons. The van der Waals surface area contributed by atoms with Crippen LogP contribution in [-0.2, 0) is 27.9 Å². The summed E-state index contributed by atoms with van der Waals surface area (Å²) in [7, 11) is -3.25. The number of hydrogen-bond donors (Lipinski definition) is 1. The van der Waals surface area contributed by atoms with E-state index in [-0.39, 0.29) is 24.1 Å². The fraction of sp³-hybridized carbons (Fsp3) is 0.500. The van der Waals surface area contributed by atoms with E-state index in [2.05, 4.69) is 16.5 Å². The Labute approximate surface area is 166 Å². The van der Waals surface area contributed by atoms with Gasteiger partial charge in [0.15, 0.2) is 0 Å². The minimum Gasteiger partial charge on any atom is -0.352 e. The molecule has 1 saturated heterocycles. The highest BCUT2D eigenvalue weighted by molar-refractivity contribution is 7.89. The molecule has 0 aliphatic carbocycles. The third-order valence-electron chi connectivity index (χ3n) is 4.97. The molecule has 1 fully saturated rings. The number of nitrogens with zero attached hydrogens (tertiary/aromatic N) is 3. The molecule has 2 heterocycles. The molecular formula is C20H28N4O3S. The van der Waals surface area contributed by atoms with Crippen molar-refractivity contribution < 1.29 is 13.2 Å². The average Bonchev–Trinajstić information content (AvgIpc) is 3.19. The number of hydrogen-bond acceptors (Lipinski definition) is 4. The second-order valence-corrected chi connectivity index (χ2v) is 9.34. The normalized spacial score (nSPS) is 18.1. The Balaban J connectivity index is 1.55. The van der Waals surface area contributed by atoms with Gasteiger partial charge in [-0.25, -0.2) is 12.7 Å². The van der Waals surface area contributed by atoms with E-state index in [4.69, 9.17) is 0 Å². The first-order valence-corrected chi connectivity index (χ1v) is 11.4. The number of benzene rings is 1. The van der Waals surface area contributed by atoms with Crippen molar-refractivity contribution in [1.82, 2.24) is 19.4 Å². The SMILES string of the molecule is CCCS(=O)(=O)N1CCCC(C(=O)NCc2cccc(Cn3cccn3)c2)C1. The van der Waals surface area contributed by atoms with Gasteiger partial charge in [0.1, 0.15) is 0 Å². The molecule has 1 unspecified atom stereocenters. The summed E-state index contributed by atoms with van der Waals surface area (Å²) in [5, 5.41) is 7.19. The summed E-state index contributed by atoms with van der Waals surface area (Å²) >= 11 is 0. The van der Waals surface area contributed by atoms with Crippen molar-refractivity contribution in [3.8, 4) is 0 Å². The van der Waals surface area contributed by atoms with Gasteiger partial charge in [-0.2, -0.15) is 5.10 Å². The van der Waals surface area contributed by atoms with Gasteiger partial charge in [-0.3, -0.25) is 9.48 Å². The minimum atomic E-state index is -3.25. The Morgan fingerprint density at radius 1 is 1.29 bits per heavy atom. The molecule has 152 valence electrons. The quantitative estimate of drug-likeness (QED) is 0.729. The second kappa shape index (κ2) is 9.34. The van der Waals surface area contributed by atoms with Gasteiger partial charge in [0.2, 0.25) is 15.9 Å². The minimum absolute atomic E-state index is 0.0751. The maximum atomic E-state index is 12.6. The highest BCUT2D eigenvalue weighted by atomic mass is 32.2. The van der Waals surface area contributed by atoms with Crippen LogP contribution in [0.5, 0.6) is 0 Å². The number of aromatic nitrogens is 2. The Bertz CT molecular complexity index is 881. The van der Waals surface area contributed by atoms with Gasteiger partial charge >= 0.3 is 0 Å². The number of carbonyl (C=O) groups is 1. The molecule has 7 nitrogen and oxygen atoms in total. The molecule has 1 aliphatic rings. The zero-order valence-electron chi connectivity index (χ0n) is 16.3. The number of carbonyl (C=O) groups excluding carboxylic acids is 1. The smallest absolute Gasteiger partial charge is 0.224 e. The molecule has 8 heteroatoms. The van der Waals surface area contributed by atoms with Crippen molar-refractivity contribution in [2.24, 2.45) is 5.92 Å². The van der Waals surface area contributed by atoms with Crippen LogP contribution in [0.4, 0.5) is 0 Å². The van der Waals surface area contributed by atoms with E-state index < -0.39 is 10.0 Å². The predicted molar refractivity (Wildman–Crippen MR) is 108 cm³/mol. The van der Waals surface area contributed by atoms with Gasteiger partial charge < -0.3 is 5.32 Å². The fourth-order valence-electron chi connectivity index (χ4n) is 3.55. The maximum Gasteiger partial charge on any atom is 0.224 e. The lowest BCUT2D eigenvalue weighted by Crippen LogP contribution is -2.45. The van der Waals surface area contributed by atoms with Crippen LogP contribution < -0.4 is 5.32 Å². The summed E-state index contributed by atoms with van der Waals surface area (Å²) in [6, 6.07) is 9.93. The van der Waals surface area contributed by atoms with Crippen molar-refractivity contribution in [2.75, 3.05) is 18.8 Å². The van der Waals surface area contributed by atoms with Gasteiger partial charge in [0.05, 0.1) is 18.2 Å². The van der Waals surface area contributed by atoms with E-state index in [1.54, 1.807) is 6.20 Å². The molecule has 0 spiro atoms. The Hall–Kier alpha value is -2.19. The van der Waals surface area contributed by atoms with E-state index in [0.29, 0.717) is 26.1 Å². The summed E-state index contributed by atoms with van der Waals surface area (Å²) in [6.07, 6.45) is 5.70. The first-order valence-electron chi connectivity index (χ1n) is 9.78. The molecule has 1 N–H and O–H groups in total. The summed E-state index contributed by atoms with van der Waals surface area (Å²) in [5.74, 6) is -0.216. The molecule has 0 saturated carbocycles. The zero-order valence-corrected chi connectivity index (χ0v) is 17.1. The number of sulfonamides is 1. The van der Waals surface area contributed by atoms with E-state index in [1.807, 2.05) is 42.1 Å². The van der Waals surface area contributed by atoms with Crippen molar-refractivity contribution in [3.05, 3.63) is 53.9 Å². The number of amides is 1. The standard InChI is InChI=1S/C20H28N4O3S/c1-2-12-28(26,27)24-11-4-8-19(16-24)20(25)21-14-17-6-3-7-18(13-17)15-23-10-5-9-22-23/h3,5-7,9-10,13,19H,2,4,8,11-12,14-16H2,1H3,(H,21,25). The third kappa shape index (κ3) is 5.42. The van der Waals surface area contributed by atoms with Crippen LogP contribution >= 0.6 is 0 Å². The first kappa shape index (κ1) is 20.5. The highest BCUT2D eigenvalue weighted by Gasteiger charge is 2.31. The van der Waals surface area contributed by atoms with Crippen molar-refractivity contribution in [1.29, 1.82) is 0 Å². The number of nitrogens with one attached hydrogen (secondary N) is 1. The van der Waals surface area contributed by atoms with Gasteiger partial charge in [-0.05, 0) is 36.5 Å². The molecular weight excluding hydrogens is 376 g/mol. The van der Waals surface area contributed by atoms with Crippen LogP contribution in [0.25, 0.3) is 0 Å². The number of rotatable bonds is 8. The Morgan fingerprint density at radius 2 is 2.11 bits per heavy atom. The number of piperidine rings is 1. The Morgan fingerprint density at radius 3 is 2.86 bits per heavy atom. The summed E-state index contributed by atoms with van der Waals surface area (Å²) in [4.78, 5) is 12.6. The molecule has 1 aromatic carbocycles. The molecule has 1 aromatic heterocycles. The summed E-state index contributed by atoms with van der Waals surface area (Å²) in [6.45, 7) is 3.77. The van der Waals surface area contributed by atoms with Crippen molar-refractivity contribution in [2.45, 2.75) is 39.3 Å².